The van der Waals surface area contributed by atoms with E-state index >= 15 is 0 Å². The fourth-order valence-corrected chi connectivity index (χ4v) is 3.94. The van der Waals surface area contributed by atoms with Gasteiger partial charge in [-0.15, -0.1) is 11.3 Å². The molecule has 7 heteroatoms. The number of hydrogen-bond donors (Lipinski definition) is 0. The van der Waals surface area contributed by atoms with E-state index in [0.717, 1.165) is 27.4 Å². The third-order valence-electron chi connectivity index (χ3n) is 4.16. The number of halogens is 1. The molecule has 4 rings (SSSR count). The van der Waals surface area contributed by atoms with Crippen LogP contribution in [-0.4, -0.2) is 19.4 Å². The Balaban J connectivity index is 1.69. The first kappa shape index (κ1) is 16.5. The minimum atomic E-state index is -0.252. The van der Waals surface area contributed by atoms with Crippen molar-refractivity contribution in [1.29, 1.82) is 0 Å². The van der Waals surface area contributed by atoms with Gasteiger partial charge >= 0.3 is 0 Å². The highest BCUT2D eigenvalue weighted by Crippen LogP contribution is 2.28. The van der Waals surface area contributed by atoms with E-state index in [4.69, 9.17) is 0 Å². The van der Waals surface area contributed by atoms with E-state index in [-0.39, 0.29) is 11.4 Å². The van der Waals surface area contributed by atoms with Crippen molar-refractivity contribution in [2.45, 2.75) is 19.8 Å². The van der Waals surface area contributed by atoms with E-state index in [1.54, 1.807) is 35.0 Å². The minimum absolute atomic E-state index is 0.118. The molecule has 0 amide bonds. The Labute approximate surface area is 152 Å². The SMILES string of the molecule is Cc1sc2nc(CCc3ccc(F)cc3)cc(=O)n2c1-c1cncnc1. The molecule has 1 aromatic carbocycles. The zero-order valence-electron chi connectivity index (χ0n) is 14.0. The lowest BCUT2D eigenvalue weighted by molar-refractivity contribution is 0.627. The second-order valence-electron chi connectivity index (χ2n) is 5.96. The first-order chi connectivity index (χ1) is 12.6. The average Bonchev–Trinajstić information content (AvgIpc) is 2.98. The monoisotopic (exact) mass is 366 g/mol. The Morgan fingerprint density at radius 1 is 1.12 bits per heavy atom. The zero-order valence-corrected chi connectivity index (χ0v) is 14.8. The predicted molar refractivity (Wildman–Crippen MR) is 98.9 cm³/mol. The maximum atomic E-state index is 13.0. The minimum Gasteiger partial charge on any atom is -0.269 e. The van der Waals surface area contributed by atoms with Gasteiger partial charge < -0.3 is 0 Å². The Morgan fingerprint density at radius 2 is 1.85 bits per heavy atom. The zero-order chi connectivity index (χ0) is 18.1. The number of aromatic nitrogens is 4. The lowest BCUT2D eigenvalue weighted by atomic mass is 10.1. The molecule has 0 spiro atoms. The van der Waals surface area contributed by atoms with Crippen LogP contribution in [0, 0.1) is 12.7 Å². The van der Waals surface area contributed by atoms with E-state index in [9.17, 15) is 9.18 Å². The molecule has 3 heterocycles. The first-order valence-corrected chi connectivity index (χ1v) is 8.95. The van der Waals surface area contributed by atoms with Crippen molar-refractivity contribution < 1.29 is 4.39 Å². The van der Waals surface area contributed by atoms with Crippen LogP contribution in [0.5, 0.6) is 0 Å². The van der Waals surface area contributed by atoms with Crippen LogP contribution in [0.3, 0.4) is 0 Å². The molecule has 4 aromatic rings. The number of rotatable bonds is 4. The van der Waals surface area contributed by atoms with Crippen molar-refractivity contribution in [3.8, 4) is 11.3 Å². The Morgan fingerprint density at radius 3 is 2.58 bits per heavy atom. The third-order valence-corrected chi connectivity index (χ3v) is 5.12. The summed E-state index contributed by atoms with van der Waals surface area (Å²) < 4.78 is 14.6. The molecule has 0 fully saturated rings. The molecule has 0 saturated heterocycles. The van der Waals surface area contributed by atoms with Crippen LogP contribution in [0.1, 0.15) is 16.1 Å². The van der Waals surface area contributed by atoms with Gasteiger partial charge in [-0.25, -0.2) is 19.3 Å². The highest BCUT2D eigenvalue weighted by Gasteiger charge is 2.15. The van der Waals surface area contributed by atoms with E-state index in [0.29, 0.717) is 17.8 Å². The average molecular weight is 366 g/mol. The summed E-state index contributed by atoms with van der Waals surface area (Å²) in [6, 6.07) is 7.96. The second kappa shape index (κ2) is 6.76. The van der Waals surface area contributed by atoms with Gasteiger partial charge in [0.15, 0.2) is 4.96 Å². The van der Waals surface area contributed by atoms with Gasteiger partial charge in [0.1, 0.15) is 12.1 Å². The highest BCUT2D eigenvalue weighted by molar-refractivity contribution is 7.17. The van der Waals surface area contributed by atoms with Crippen molar-refractivity contribution in [3.63, 3.8) is 0 Å². The van der Waals surface area contributed by atoms with Crippen LogP contribution in [0.15, 0.2) is 53.8 Å². The smallest absolute Gasteiger partial charge is 0.259 e. The van der Waals surface area contributed by atoms with Crippen LogP contribution in [0.25, 0.3) is 16.2 Å². The fraction of sp³-hybridized carbons (Fsp3) is 0.158. The van der Waals surface area contributed by atoms with Gasteiger partial charge in [0, 0.05) is 34.6 Å². The van der Waals surface area contributed by atoms with Gasteiger partial charge in [-0.2, -0.15) is 0 Å². The third kappa shape index (κ3) is 3.13. The summed E-state index contributed by atoms with van der Waals surface area (Å²) >= 11 is 1.47. The van der Waals surface area contributed by atoms with Crippen molar-refractivity contribution in [1.82, 2.24) is 19.4 Å². The first-order valence-electron chi connectivity index (χ1n) is 8.14. The maximum absolute atomic E-state index is 13.0. The van der Waals surface area contributed by atoms with Crippen LogP contribution in [-0.2, 0) is 12.8 Å². The van der Waals surface area contributed by atoms with E-state index in [1.807, 2.05) is 6.92 Å². The van der Waals surface area contributed by atoms with Crippen LogP contribution >= 0.6 is 11.3 Å². The number of thiazole rings is 1. The number of hydrogen-bond acceptors (Lipinski definition) is 5. The summed E-state index contributed by atoms with van der Waals surface area (Å²) in [6.45, 7) is 1.96. The number of fused-ring (bicyclic) bond motifs is 1. The Kier molecular flexibility index (Phi) is 4.30. The lowest BCUT2D eigenvalue weighted by Gasteiger charge is -2.04. The number of aryl methyl sites for hydroxylation is 3. The molecule has 0 saturated carbocycles. The molecule has 0 aliphatic heterocycles. The Bertz CT molecular complexity index is 1120. The van der Waals surface area contributed by atoms with Gasteiger partial charge in [0.25, 0.3) is 5.56 Å². The molecule has 26 heavy (non-hydrogen) atoms. The largest absolute Gasteiger partial charge is 0.269 e. The Hall–Kier alpha value is -2.93. The molecule has 0 aliphatic rings. The summed E-state index contributed by atoms with van der Waals surface area (Å²) in [7, 11) is 0. The quantitative estimate of drug-likeness (QED) is 0.555. The van der Waals surface area contributed by atoms with Crippen LogP contribution in [0.4, 0.5) is 4.39 Å². The molecule has 0 bridgehead atoms. The predicted octanol–water partition coefficient (Wildman–Crippen LogP) is 3.45. The standard InChI is InChI=1S/C19H15FN4OS/c1-12-18(14-9-21-11-22-10-14)24-17(25)8-16(23-19(24)26-12)7-4-13-2-5-15(20)6-3-13/h2-3,5-6,8-11H,4,7H2,1H3. The summed E-state index contributed by atoms with van der Waals surface area (Å²) in [5.41, 5.74) is 3.20. The normalized spacial score (nSPS) is 11.2. The van der Waals surface area contributed by atoms with Crippen molar-refractivity contribution in [2.75, 3.05) is 0 Å². The van der Waals surface area contributed by atoms with E-state index in [1.165, 1.54) is 29.8 Å². The second-order valence-corrected chi connectivity index (χ2v) is 7.15. The van der Waals surface area contributed by atoms with Crippen molar-refractivity contribution in [2.24, 2.45) is 0 Å². The molecule has 130 valence electrons. The summed E-state index contributed by atoms with van der Waals surface area (Å²) in [5.74, 6) is -0.252. The molecular formula is C19H15FN4OS. The van der Waals surface area contributed by atoms with Crippen LogP contribution in [0.2, 0.25) is 0 Å². The van der Waals surface area contributed by atoms with E-state index < -0.39 is 0 Å². The summed E-state index contributed by atoms with van der Waals surface area (Å²) in [5, 5.41) is 0. The van der Waals surface area contributed by atoms with Crippen molar-refractivity contribution >= 4 is 16.3 Å². The van der Waals surface area contributed by atoms with Crippen molar-refractivity contribution in [3.05, 3.63) is 81.4 Å². The molecule has 0 N–H and O–H groups in total. The fourth-order valence-electron chi connectivity index (χ4n) is 2.93. The number of nitrogens with zero attached hydrogens (tertiary/aromatic N) is 4. The highest BCUT2D eigenvalue weighted by atomic mass is 32.1. The van der Waals surface area contributed by atoms with Gasteiger partial charge in [-0.05, 0) is 37.5 Å². The molecule has 0 unspecified atom stereocenters. The molecule has 0 aliphatic carbocycles. The topological polar surface area (TPSA) is 60.2 Å². The molecule has 0 atom stereocenters. The molecule has 3 aromatic heterocycles. The van der Waals surface area contributed by atoms with E-state index in [2.05, 4.69) is 15.0 Å². The van der Waals surface area contributed by atoms with Crippen LogP contribution < -0.4 is 5.56 Å². The van der Waals surface area contributed by atoms with Gasteiger partial charge in [0.2, 0.25) is 0 Å². The molecular weight excluding hydrogens is 351 g/mol. The summed E-state index contributed by atoms with van der Waals surface area (Å²) in [4.78, 5) is 27.1. The summed E-state index contributed by atoms with van der Waals surface area (Å²) in [6.07, 6.45) is 6.17. The maximum Gasteiger partial charge on any atom is 0.259 e. The van der Waals surface area contributed by atoms with Gasteiger partial charge in [-0.3, -0.25) is 9.20 Å². The number of benzene rings is 1. The lowest BCUT2D eigenvalue weighted by Crippen LogP contribution is -2.15. The van der Waals surface area contributed by atoms with Gasteiger partial charge in [-0.1, -0.05) is 12.1 Å². The van der Waals surface area contributed by atoms with Gasteiger partial charge in [0.05, 0.1) is 5.69 Å². The molecule has 5 nitrogen and oxygen atoms in total. The molecule has 0 radical (unpaired) electrons.